The summed E-state index contributed by atoms with van der Waals surface area (Å²) in [6.07, 6.45) is 1.85. The number of sulfonamides is 1. The fourth-order valence-electron chi connectivity index (χ4n) is 5.83. The van der Waals surface area contributed by atoms with Crippen molar-refractivity contribution >= 4 is 27.9 Å². The first-order chi connectivity index (χ1) is 25.4. The average Bonchev–Trinajstić information content (AvgIpc) is 3.58. The molecule has 0 bridgehead atoms. The van der Waals surface area contributed by atoms with Crippen LogP contribution in [0.2, 0.25) is 0 Å². The van der Waals surface area contributed by atoms with Crippen molar-refractivity contribution in [2.75, 3.05) is 14.2 Å². The SMILES string of the molecule is CCCn1cc(CO[C@H](c2ccc(C)c(CN(Cc3cccc(C(=O)OC(C)(C)C)c3)S(=O)(=O)c3cccc(C(=O)OC)c3)c2)C(C)(C)C(=O)OC)nn1. The molecule has 1 aromatic heterocycles. The molecule has 0 N–H and O–H groups in total. The van der Waals surface area contributed by atoms with Crippen molar-refractivity contribution in [1.29, 1.82) is 0 Å². The summed E-state index contributed by atoms with van der Waals surface area (Å²) in [5.41, 5.74) is 1.59. The Hall–Kier alpha value is -4.92. The lowest BCUT2D eigenvalue weighted by Crippen LogP contribution is -2.34. The van der Waals surface area contributed by atoms with Crippen LogP contribution in [0.1, 0.15) is 103 Å². The Morgan fingerprint density at radius 2 is 1.56 bits per heavy atom. The highest BCUT2D eigenvalue weighted by molar-refractivity contribution is 7.89. The van der Waals surface area contributed by atoms with Gasteiger partial charge in [-0.3, -0.25) is 9.48 Å². The summed E-state index contributed by atoms with van der Waals surface area (Å²) < 4.78 is 54.0. The highest BCUT2D eigenvalue weighted by atomic mass is 32.2. The van der Waals surface area contributed by atoms with Crippen LogP contribution in [0.4, 0.5) is 0 Å². The van der Waals surface area contributed by atoms with Crippen LogP contribution in [-0.4, -0.2) is 65.4 Å². The Kier molecular flexibility index (Phi) is 13.5. The van der Waals surface area contributed by atoms with Crippen LogP contribution < -0.4 is 0 Å². The van der Waals surface area contributed by atoms with Crippen LogP contribution >= 0.6 is 0 Å². The van der Waals surface area contributed by atoms with Crippen LogP contribution in [-0.2, 0) is 60.0 Å². The summed E-state index contributed by atoms with van der Waals surface area (Å²) >= 11 is 0. The predicted octanol–water partition coefficient (Wildman–Crippen LogP) is 6.59. The smallest absolute Gasteiger partial charge is 0.338 e. The minimum absolute atomic E-state index is 0.0586. The molecular formula is C40H50N4O9S. The summed E-state index contributed by atoms with van der Waals surface area (Å²) in [6, 6.07) is 17.7. The molecule has 0 spiro atoms. The second-order valence-electron chi connectivity index (χ2n) is 14.6. The van der Waals surface area contributed by atoms with Crippen LogP contribution in [0.3, 0.4) is 0 Å². The highest BCUT2D eigenvalue weighted by Crippen LogP contribution is 2.39. The van der Waals surface area contributed by atoms with E-state index in [1.807, 2.05) is 32.0 Å². The number of benzene rings is 3. The second kappa shape index (κ2) is 17.5. The molecule has 4 aromatic rings. The molecule has 0 radical (unpaired) electrons. The highest BCUT2D eigenvalue weighted by Gasteiger charge is 2.40. The van der Waals surface area contributed by atoms with E-state index in [1.54, 1.807) is 69.8 Å². The molecule has 0 aliphatic heterocycles. The molecule has 0 saturated heterocycles. The van der Waals surface area contributed by atoms with E-state index in [0.29, 0.717) is 28.9 Å². The number of ether oxygens (including phenoxy) is 4. The molecule has 0 saturated carbocycles. The third kappa shape index (κ3) is 10.4. The Balaban J connectivity index is 1.78. The number of carbonyl (C=O) groups excluding carboxylic acids is 3. The van der Waals surface area contributed by atoms with Crippen LogP contribution in [0, 0.1) is 12.3 Å². The maximum Gasteiger partial charge on any atom is 0.338 e. The first-order valence-corrected chi connectivity index (χ1v) is 19.0. The third-order valence-electron chi connectivity index (χ3n) is 8.64. The summed E-state index contributed by atoms with van der Waals surface area (Å²) in [7, 11) is -1.75. The van der Waals surface area contributed by atoms with E-state index in [9.17, 15) is 22.8 Å². The van der Waals surface area contributed by atoms with Crippen LogP contribution in [0.15, 0.2) is 77.8 Å². The van der Waals surface area contributed by atoms with Gasteiger partial charge in [0.25, 0.3) is 0 Å². The van der Waals surface area contributed by atoms with Gasteiger partial charge in [-0.15, -0.1) is 5.10 Å². The maximum absolute atomic E-state index is 14.5. The van der Waals surface area contributed by atoms with Crippen molar-refractivity contribution in [2.24, 2.45) is 5.41 Å². The molecule has 1 heterocycles. The number of carbonyl (C=O) groups is 3. The fraction of sp³-hybridized carbons (Fsp3) is 0.425. The molecular weight excluding hydrogens is 713 g/mol. The Morgan fingerprint density at radius 1 is 0.870 bits per heavy atom. The van der Waals surface area contributed by atoms with Crippen molar-refractivity contribution in [3.05, 3.63) is 112 Å². The fourth-order valence-corrected chi connectivity index (χ4v) is 7.28. The van der Waals surface area contributed by atoms with Gasteiger partial charge in [0, 0.05) is 19.6 Å². The van der Waals surface area contributed by atoms with Crippen molar-refractivity contribution in [3.63, 3.8) is 0 Å². The van der Waals surface area contributed by atoms with Gasteiger partial charge in [0.15, 0.2) is 0 Å². The first kappa shape index (κ1) is 41.8. The van der Waals surface area contributed by atoms with Crippen molar-refractivity contribution in [1.82, 2.24) is 19.3 Å². The molecule has 0 unspecified atom stereocenters. The molecule has 0 aliphatic carbocycles. The van der Waals surface area contributed by atoms with Gasteiger partial charge in [0.1, 0.15) is 11.3 Å². The van der Waals surface area contributed by atoms with Gasteiger partial charge < -0.3 is 18.9 Å². The molecule has 0 fully saturated rings. The molecule has 54 heavy (non-hydrogen) atoms. The van der Waals surface area contributed by atoms with Gasteiger partial charge in [0.05, 0.1) is 54.6 Å². The quantitative estimate of drug-likeness (QED) is 0.0897. The van der Waals surface area contributed by atoms with E-state index in [1.165, 1.54) is 42.8 Å². The zero-order valence-electron chi connectivity index (χ0n) is 32.4. The summed E-state index contributed by atoms with van der Waals surface area (Å²) in [5.74, 6) is -1.72. The second-order valence-corrected chi connectivity index (χ2v) is 16.5. The van der Waals surface area contributed by atoms with E-state index in [2.05, 4.69) is 10.3 Å². The molecule has 3 aromatic carbocycles. The van der Waals surface area contributed by atoms with Gasteiger partial charge >= 0.3 is 17.9 Å². The average molecular weight is 763 g/mol. The molecule has 290 valence electrons. The summed E-state index contributed by atoms with van der Waals surface area (Å²) in [6.45, 7) is 13.1. The standard InChI is InChI=1S/C40H50N4O9S/c1-10-19-43-25-33(41-42-43)26-52-35(40(6,7)38(47)51-9)29-18-17-27(2)32(21-29)24-44(54(48,49)34-16-12-15-31(22-34)36(45)50-8)23-28-13-11-14-30(20-28)37(46)53-39(3,4)5/h11-18,20-22,25,35H,10,19,23-24,26H2,1-9H3/t35-/m1/s1. The largest absolute Gasteiger partial charge is 0.469 e. The van der Waals surface area contributed by atoms with E-state index >= 15 is 0 Å². The minimum atomic E-state index is -4.28. The Labute approximate surface area is 317 Å². The van der Waals surface area contributed by atoms with Gasteiger partial charge in [-0.1, -0.05) is 48.5 Å². The van der Waals surface area contributed by atoms with E-state index < -0.39 is 45.1 Å². The normalized spacial score (nSPS) is 12.7. The maximum atomic E-state index is 14.5. The number of hydrogen-bond acceptors (Lipinski definition) is 11. The lowest BCUT2D eigenvalue weighted by atomic mass is 9.81. The Bertz CT molecular complexity index is 2070. The van der Waals surface area contributed by atoms with Gasteiger partial charge in [-0.05, 0) is 101 Å². The van der Waals surface area contributed by atoms with Crippen molar-refractivity contribution in [2.45, 2.75) is 97.7 Å². The zero-order chi connectivity index (χ0) is 39.8. The van der Waals surface area contributed by atoms with Gasteiger partial charge in [-0.25, -0.2) is 18.0 Å². The number of esters is 3. The number of hydrogen-bond donors (Lipinski definition) is 0. The molecule has 0 aliphatic rings. The third-order valence-corrected chi connectivity index (χ3v) is 10.4. The van der Waals surface area contributed by atoms with Crippen LogP contribution in [0.25, 0.3) is 0 Å². The molecule has 1 atom stereocenters. The minimum Gasteiger partial charge on any atom is -0.469 e. The topological polar surface area (TPSA) is 156 Å². The lowest BCUT2D eigenvalue weighted by Gasteiger charge is -2.32. The number of rotatable bonds is 16. The number of nitrogens with zero attached hydrogens (tertiary/aromatic N) is 4. The van der Waals surface area contributed by atoms with E-state index in [0.717, 1.165) is 12.0 Å². The number of aromatic nitrogens is 3. The predicted molar refractivity (Wildman–Crippen MR) is 201 cm³/mol. The summed E-state index contributed by atoms with van der Waals surface area (Å²) in [5, 5.41) is 8.35. The number of aryl methyl sites for hydroxylation is 2. The van der Waals surface area contributed by atoms with Crippen LogP contribution in [0.5, 0.6) is 0 Å². The monoisotopic (exact) mass is 762 g/mol. The van der Waals surface area contributed by atoms with Gasteiger partial charge in [0.2, 0.25) is 10.0 Å². The number of methoxy groups -OCH3 is 2. The van der Waals surface area contributed by atoms with E-state index in [-0.39, 0.29) is 35.7 Å². The van der Waals surface area contributed by atoms with Crippen molar-refractivity contribution < 1.29 is 41.7 Å². The zero-order valence-corrected chi connectivity index (χ0v) is 33.2. The first-order valence-electron chi connectivity index (χ1n) is 17.6. The van der Waals surface area contributed by atoms with Crippen molar-refractivity contribution in [3.8, 4) is 0 Å². The molecule has 0 amide bonds. The lowest BCUT2D eigenvalue weighted by molar-refractivity contribution is -0.162. The molecule has 13 nitrogen and oxygen atoms in total. The molecule has 14 heteroatoms. The van der Waals surface area contributed by atoms with E-state index in [4.69, 9.17) is 18.9 Å². The molecule has 4 rings (SSSR count). The van der Waals surface area contributed by atoms with Gasteiger partial charge in [-0.2, -0.15) is 4.31 Å². The Morgan fingerprint density at radius 3 is 2.20 bits per heavy atom. The summed E-state index contributed by atoms with van der Waals surface area (Å²) in [4.78, 5) is 38.4.